The van der Waals surface area contributed by atoms with Gasteiger partial charge in [0.25, 0.3) is 0 Å². The molecule has 0 bridgehead atoms. The summed E-state index contributed by atoms with van der Waals surface area (Å²) in [5, 5.41) is 3.41. The lowest BCUT2D eigenvalue weighted by atomic mass is 9.80. The molecule has 7 heteroatoms. The molecule has 7 nitrogen and oxygen atoms in total. The Balaban J connectivity index is 2.29. The van der Waals surface area contributed by atoms with E-state index < -0.39 is 17.9 Å². The van der Waals surface area contributed by atoms with Crippen LogP contribution in [0.15, 0.2) is 62.3 Å². The van der Waals surface area contributed by atoms with Gasteiger partial charge in [-0.2, -0.15) is 0 Å². The molecule has 2 aromatic rings. The van der Waals surface area contributed by atoms with E-state index in [2.05, 4.69) is 5.32 Å². The fourth-order valence-electron chi connectivity index (χ4n) is 3.56. The molecule has 3 rings (SSSR count). The van der Waals surface area contributed by atoms with Crippen molar-refractivity contribution in [1.82, 2.24) is 5.32 Å². The first-order valence-electron chi connectivity index (χ1n) is 9.43. The first-order chi connectivity index (χ1) is 13.9. The summed E-state index contributed by atoms with van der Waals surface area (Å²) in [6.07, 6.45) is 1.31. The van der Waals surface area contributed by atoms with Gasteiger partial charge in [0.15, 0.2) is 5.43 Å². The van der Waals surface area contributed by atoms with Crippen LogP contribution < -0.4 is 10.7 Å². The molecule has 0 saturated carbocycles. The molecule has 0 saturated heterocycles. The number of allylic oxidation sites excluding steroid dienone is 2. The fourth-order valence-corrected chi connectivity index (χ4v) is 3.56. The topological polar surface area (TPSA) is 94.8 Å². The Labute approximate surface area is 168 Å². The Morgan fingerprint density at radius 2 is 1.55 bits per heavy atom. The van der Waals surface area contributed by atoms with Crippen LogP contribution in [0.2, 0.25) is 0 Å². The number of carbonyl (C=O) groups excluding carboxylic acids is 2. The van der Waals surface area contributed by atoms with Gasteiger partial charge < -0.3 is 19.2 Å². The van der Waals surface area contributed by atoms with Crippen LogP contribution >= 0.6 is 0 Å². The van der Waals surface area contributed by atoms with E-state index in [4.69, 9.17) is 13.9 Å². The number of para-hydroxylation sites is 1. The highest BCUT2D eigenvalue weighted by atomic mass is 16.5. The van der Waals surface area contributed by atoms with Crippen molar-refractivity contribution >= 4 is 22.9 Å². The normalized spacial score (nSPS) is 14.8. The predicted molar refractivity (Wildman–Crippen MR) is 107 cm³/mol. The van der Waals surface area contributed by atoms with Crippen molar-refractivity contribution < 1.29 is 23.5 Å². The first-order valence-corrected chi connectivity index (χ1v) is 9.43. The Bertz CT molecular complexity index is 1050. The smallest absolute Gasteiger partial charge is 0.336 e. The van der Waals surface area contributed by atoms with Crippen LogP contribution in [-0.2, 0) is 19.1 Å². The molecule has 29 heavy (non-hydrogen) atoms. The van der Waals surface area contributed by atoms with Gasteiger partial charge in [0.05, 0.1) is 41.9 Å². The SMILES string of the molecule is CCOC(=O)C1=C(C)NC(C)=C(C(=O)OCC)C1c1coc2ccccc2c1=O. The average Bonchev–Trinajstić information content (AvgIpc) is 2.68. The molecule has 0 fully saturated rings. The summed E-state index contributed by atoms with van der Waals surface area (Å²) in [5.41, 5.74) is 1.66. The van der Waals surface area contributed by atoms with Gasteiger partial charge in [0, 0.05) is 17.0 Å². The minimum Gasteiger partial charge on any atom is -0.464 e. The molecule has 1 N–H and O–H groups in total. The van der Waals surface area contributed by atoms with E-state index in [-0.39, 0.29) is 35.4 Å². The molecule has 0 amide bonds. The van der Waals surface area contributed by atoms with Gasteiger partial charge in [-0.1, -0.05) is 12.1 Å². The maximum Gasteiger partial charge on any atom is 0.336 e. The van der Waals surface area contributed by atoms with Crippen LogP contribution in [0.25, 0.3) is 11.0 Å². The Morgan fingerprint density at radius 1 is 1.00 bits per heavy atom. The predicted octanol–water partition coefficient (Wildman–Crippen LogP) is 3.15. The fraction of sp³-hybridized carbons (Fsp3) is 0.318. The minimum atomic E-state index is -0.963. The zero-order chi connectivity index (χ0) is 21.1. The Kier molecular flexibility index (Phi) is 5.87. The van der Waals surface area contributed by atoms with Gasteiger partial charge >= 0.3 is 11.9 Å². The third-order valence-corrected chi connectivity index (χ3v) is 4.77. The van der Waals surface area contributed by atoms with Gasteiger partial charge in [0.1, 0.15) is 5.58 Å². The molecule has 0 radical (unpaired) electrons. The maximum atomic E-state index is 13.3. The zero-order valence-corrected chi connectivity index (χ0v) is 16.8. The van der Waals surface area contributed by atoms with Crippen LogP contribution in [0.5, 0.6) is 0 Å². The van der Waals surface area contributed by atoms with Gasteiger partial charge in [0.2, 0.25) is 0 Å². The van der Waals surface area contributed by atoms with Gasteiger partial charge in [-0.3, -0.25) is 4.79 Å². The minimum absolute atomic E-state index is 0.159. The number of fused-ring (bicyclic) bond motifs is 1. The van der Waals surface area contributed by atoms with Crippen molar-refractivity contribution in [2.75, 3.05) is 13.2 Å². The van der Waals surface area contributed by atoms with Crippen LogP contribution in [0.3, 0.4) is 0 Å². The van der Waals surface area contributed by atoms with Crippen LogP contribution in [0.1, 0.15) is 39.2 Å². The van der Waals surface area contributed by atoms with E-state index in [9.17, 15) is 14.4 Å². The molecule has 0 unspecified atom stereocenters. The van der Waals surface area contributed by atoms with Crippen molar-refractivity contribution in [3.63, 3.8) is 0 Å². The summed E-state index contributed by atoms with van der Waals surface area (Å²) in [4.78, 5) is 38.8. The summed E-state index contributed by atoms with van der Waals surface area (Å²) in [6.45, 7) is 7.10. The van der Waals surface area contributed by atoms with Gasteiger partial charge in [-0.25, -0.2) is 9.59 Å². The molecule has 1 aliphatic heterocycles. The maximum absolute atomic E-state index is 13.3. The molecular formula is C22H23NO6. The molecule has 0 aliphatic carbocycles. The quantitative estimate of drug-likeness (QED) is 0.775. The third kappa shape index (κ3) is 3.68. The molecule has 2 heterocycles. The highest BCUT2D eigenvalue weighted by Crippen LogP contribution is 2.38. The van der Waals surface area contributed by atoms with Gasteiger partial charge in [-0.15, -0.1) is 0 Å². The van der Waals surface area contributed by atoms with E-state index in [1.807, 2.05) is 0 Å². The van der Waals surface area contributed by atoms with Crippen LogP contribution in [0, 0.1) is 0 Å². The number of hydrogen-bond acceptors (Lipinski definition) is 7. The lowest BCUT2D eigenvalue weighted by Crippen LogP contribution is -2.34. The summed E-state index contributed by atoms with van der Waals surface area (Å²) in [6, 6.07) is 6.82. The number of nitrogens with one attached hydrogen (secondary N) is 1. The van der Waals surface area contributed by atoms with E-state index in [1.54, 1.807) is 52.0 Å². The van der Waals surface area contributed by atoms with Crippen molar-refractivity contribution in [2.24, 2.45) is 0 Å². The second-order valence-corrected chi connectivity index (χ2v) is 6.59. The lowest BCUT2D eigenvalue weighted by Gasteiger charge is -2.29. The highest BCUT2D eigenvalue weighted by Gasteiger charge is 2.39. The molecule has 1 aliphatic rings. The highest BCUT2D eigenvalue weighted by molar-refractivity contribution is 6.00. The van der Waals surface area contributed by atoms with E-state index in [0.717, 1.165) is 0 Å². The number of rotatable bonds is 5. The van der Waals surface area contributed by atoms with E-state index >= 15 is 0 Å². The van der Waals surface area contributed by atoms with E-state index in [0.29, 0.717) is 22.4 Å². The van der Waals surface area contributed by atoms with Crippen molar-refractivity contribution in [3.05, 3.63) is 68.9 Å². The Hall–Kier alpha value is -3.35. The molecule has 1 aromatic heterocycles. The summed E-state index contributed by atoms with van der Waals surface area (Å²) in [5.74, 6) is -2.18. The number of esters is 2. The lowest BCUT2D eigenvalue weighted by molar-refractivity contribution is -0.139. The summed E-state index contributed by atoms with van der Waals surface area (Å²) < 4.78 is 16.1. The molecule has 1 aromatic carbocycles. The second kappa shape index (κ2) is 8.34. The zero-order valence-electron chi connectivity index (χ0n) is 16.8. The number of hydrogen-bond donors (Lipinski definition) is 1. The average molecular weight is 397 g/mol. The van der Waals surface area contributed by atoms with Crippen molar-refractivity contribution in [2.45, 2.75) is 33.6 Å². The third-order valence-electron chi connectivity index (χ3n) is 4.77. The number of carbonyl (C=O) groups is 2. The molecule has 0 atom stereocenters. The van der Waals surface area contributed by atoms with Crippen LogP contribution in [0.4, 0.5) is 0 Å². The van der Waals surface area contributed by atoms with Crippen molar-refractivity contribution in [1.29, 1.82) is 0 Å². The van der Waals surface area contributed by atoms with Gasteiger partial charge in [-0.05, 0) is 39.8 Å². The number of benzene rings is 1. The second-order valence-electron chi connectivity index (χ2n) is 6.59. The summed E-state index contributed by atoms with van der Waals surface area (Å²) >= 11 is 0. The number of ether oxygens (including phenoxy) is 2. The largest absolute Gasteiger partial charge is 0.464 e. The first kappa shape index (κ1) is 20.4. The Morgan fingerprint density at radius 3 is 2.10 bits per heavy atom. The van der Waals surface area contributed by atoms with Crippen molar-refractivity contribution in [3.8, 4) is 0 Å². The van der Waals surface area contributed by atoms with E-state index in [1.165, 1.54) is 6.26 Å². The summed E-state index contributed by atoms with van der Waals surface area (Å²) in [7, 11) is 0. The van der Waals surface area contributed by atoms with Crippen LogP contribution in [-0.4, -0.2) is 25.2 Å². The monoisotopic (exact) mass is 397 g/mol. The number of dihydropyridines is 1. The molecule has 152 valence electrons. The molecule has 0 spiro atoms. The molecular weight excluding hydrogens is 374 g/mol. The standard InChI is InChI=1S/C22H23NO6/c1-5-27-21(25)17-12(3)23-13(4)18(22(26)28-6-2)19(17)15-11-29-16-10-8-7-9-14(16)20(15)24/h7-11,19,23H,5-6H2,1-4H3.